The average Bonchev–Trinajstić information content (AvgIpc) is 3.34. The first kappa shape index (κ1) is 19.2. The van der Waals surface area contributed by atoms with Gasteiger partial charge in [-0.25, -0.2) is 0 Å². The monoisotopic (exact) mass is 384 g/mol. The van der Waals surface area contributed by atoms with Crippen molar-refractivity contribution in [2.24, 2.45) is 0 Å². The summed E-state index contributed by atoms with van der Waals surface area (Å²) in [6.45, 7) is 5.04. The molecule has 0 atom stereocenters. The molecule has 142 valence electrons. The van der Waals surface area contributed by atoms with Crippen molar-refractivity contribution in [1.29, 1.82) is 0 Å². The Morgan fingerprint density at radius 1 is 1.19 bits per heavy atom. The van der Waals surface area contributed by atoms with Crippen LogP contribution < -0.4 is 5.32 Å². The number of unbranched alkanes of at least 4 members (excludes halogenated alkanes) is 1. The van der Waals surface area contributed by atoms with Gasteiger partial charge in [-0.05, 0) is 42.7 Å². The maximum Gasteiger partial charge on any atom is 0.234 e. The number of furan rings is 1. The first-order chi connectivity index (χ1) is 13.2. The van der Waals surface area contributed by atoms with Gasteiger partial charge in [-0.3, -0.25) is 9.36 Å². The average molecular weight is 385 g/mol. The van der Waals surface area contributed by atoms with E-state index in [9.17, 15) is 4.79 Å². The number of amides is 1. The number of carbonyl (C=O) groups is 1. The third-order valence-corrected chi connectivity index (χ3v) is 5.14. The van der Waals surface area contributed by atoms with Crippen molar-refractivity contribution >= 4 is 23.4 Å². The van der Waals surface area contributed by atoms with Crippen LogP contribution in [0.5, 0.6) is 0 Å². The highest BCUT2D eigenvalue weighted by Gasteiger charge is 2.17. The normalized spacial score (nSPS) is 10.9. The second-order valence-corrected chi connectivity index (χ2v) is 7.12. The standard InChI is InChI=1S/C20H24N4O2S/c1-3-5-12-24-19(17-7-6-13-26-17)22-23-20(24)27-14-18(25)21-16-10-8-15(4-2)9-11-16/h6-11,13H,3-5,12,14H2,1-2H3,(H,21,25). The Labute approximate surface area is 163 Å². The molecule has 6 nitrogen and oxygen atoms in total. The fraction of sp³-hybridized carbons (Fsp3) is 0.350. The first-order valence-corrected chi connectivity index (χ1v) is 10.2. The summed E-state index contributed by atoms with van der Waals surface area (Å²) < 4.78 is 7.49. The largest absolute Gasteiger partial charge is 0.461 e. The van der Waals surface area contributed by atoms with E-state index in [1.54, 1.807) is 6.26 Å². The highest BCUT2D eigenvalue weighted by Crippen LogP contribution is 2.25. The summed E-state index contributed by atoms with van der Waals surface area (Å²) in [5, 5.41) is 12.2. The van der Waals surface area contributed by atoms with E-state index in [2.05, 4.69) is 29.4 Å². The van der Waals surface area contributed by atoms with Gasteiger partial charge in [0.25, 0.3) is 0 Å². The molecule has 0 aliphatic carbocycles. The molecule has 1 aromatic carbocycles. The summed E-state index contributed by atoms with van der Waals surface area (Å²) in [6.07, 6.45) is 4.68. The van der Waals surface area contributed by atoms with Crippen LogP contribution in [0.3, 0.4) is 0 Å². The molecule has 0 unspecified atom stereocenters. The van der Waals surface area contributed by atoms with Gasteiger partial charge in [-0.1, -0.05) is 44.2 Å². The number of carbonyl (C=O) groups excluding carboxylic acids is 1. The zero-order valence-corrected chi connectivity index (χ0v) is 16.5. The number of benzene rings is 1. The Balaban J connectivity index is 1.64. The molecule has 0 spiro atoms. The van der Waals surface area contributed by atoms with E-state index in [1.165, 1.54) is 17.3 Å². The second kappa shape index (κ2) is 9.41. The topological polar surface area (TPSA) is 73.0 Å². The van der Waals surface area contributed by atoms with Crippen LogP contribution in [0, 0.1) is 0 Å². The molecule has 27 heavy (non-hydrogen) atoms. The molecule has 2 heterocycles. The molecular weight excluding hydrogens is 360 g/mol. The molecular formula is C20H24N4O2S. The Morgan fingerprint density at radius 2 is 2.00 bits per heavy atom. The van der Waals surface area contributed by atoms with Crippen molar-refractivity contribution in [3.05, 3.63) is 48.2 Å². The Morgan fingerprint density at radius 3 is 2.67 bits per heavy atom. The minimum absolute atomic E-state index is 0.0613. The van der Waals surface area contributed by atoms with Crippen LogP contribution in [-0.4, -0.2) is 26.4 Å². The van der Waals surface area contributed by atoms with E-state index in [1.807, 2.05) is 41.0 Å². The number of hydrogen-bond acceptors (Lipinski definition) is 5. The third-order valence-electron chi connectivity index (χ3n) is 4.17. The first-order valence-electron chi connectivity index (χ1n) is 9.20. The van der Waals surface area contributed by atoms with Crippen LogP contribution in [0.1, 0.15) is 32.3 Å². The minimum atomic E-state index is -0.0613. The lowest BCUT2D eigenvalue weighted by Gasteiger charge is -2.09. The summed E-state index contributed by atoms with van der Waals surface area (Å²) in [4.78, 5) is 12.3. The zero-order chi connectivity index (χ0) is 19.1. The summed E-state index contributed by atoms with van der Waals surface area (Å²) >= 11 is 1.39. The quantitative estimate of drug-likeness (QED) is 0.545. The van der Waals surface area contributed by atoms with Gasteiger partial charge in [0.15, 0.2) is 16.7 Å². The summed E-state index contributed by atoms with van der Waals surface area (Å²) in [6, 6.07) is 11.6. The van der Waals surface area contributed by atoms with E-state index in [4.69, 9.17) is 4.42 Å². The van der Waals surface area contributed by atoms with E-state index in [-0.39, 0.29) is 11.7 Å². The Kier molecular flexibility index (Phi) is 6.70. The maximum absolute atomic E-state index is 12.3. The van der Waals surface area contributed by atoms with Gasteiger partial charge < -0.3 is 9.73 Å². The molecule has 0 bridgehead atoms. The summed E-state index contributed by atoms with van der Waals surface area (Å²) in [5.41, 5.74) is 2.05. The lowest BCUT2D eigenvalue weighted by atomic mass is 10.1. The van der Waals surface area contributed by atoms with Gasteiger partial charge in [0, 0.05) is 12.2 Å². The second-order valence-electron chi connectivity index (χ2n) is 6.18. The van der Waals surface area contributed by atoms with Gasteiger partial charge in [0.2, 0.25) is 5.91 Å². The van der Waals surface area contributed by atoms with E-state index < -0.39 is 0 Å². The molecule has 7 heteroatoms. The van der Waals surface area contributed by atoms with E-state index in [0.717, 1.165) is 36.7 Å². The van der Waals surface area contributed by atoms with Gasteiger partial charge in [0.05, 0.1) is 12.0 Å². The smallest absolute Gasteiger partial charge is 0.234 e. The predicted octanol–water partition coefficient (Wildman–Crippen LogP) is 4.63. The van der Waals surface area contributed by atoms with Crippen LogP contribution in [0.15, 0.2) is 52.2 Å². The van der Waals surface area contributed by atoms with Gasteiger partial charge in [0.1, 0.15) is 0 Å². The fourth-order valence-electron chi connectivity index (χ4n) is 2.65. The number of aromatic nitrogens is 3. The Hall–Kier alpha value is -2.54. The predicted molar refractivity (Wildman–Crippen MR) is 108 cm³/mol. The molecule has 0 saturated heterocycles. The van der Waals surface area contributed by atoms with Crippen molar-refractivity contribution in [3.63, 3.8) is 0 Å². The minimum Gasteiger partial charge on any atom is -0.461 e. The van der Waals surface area contributed by atoms with Gasteiger partial charge in [-0.2, -0.15) is 0 Å². The van der Waals surface area contributed by atoms with Crippen molar-refractivity contribution < 1.29 is 9.21 Å². The lowest BCUT2D eigenvalue weighted by molar-refractivity contribution is -0.113. The van der Waals surface area contributed by atoms with Gasteiger partial charge in [-0.15, -0.1) is 10.2 Å². The molecule has 1 N–H and O–H groups in total. The molecule has 3 rings (SSSR count). The van der Waals surface area contributed by atoms with Crippen molar-refractivity contribution in [2.75, 3.05) is 11.1 Å². The number of hydrogen-bond donors (Lipinski definition) is 1. The van der Waals surface area contributed by atoms with E-state index >= 15 is 0 Å². The van der Waals surface area contributed by atoms with Crippen molar-refractivity contribution in [2.45, 2.75) is 44.8 Å². The van der Waals surface area contributed by atoms with Crippen LogP contribution >= 0.6 is 11.8 Å². The number of anilines is 1. The Bertz CT molecular complexity index is 857. The van der Waals surface area contributed by atoms with Crippen LogP contribution in [0.4, 0.5) is 5.69 Å². The molecule has 0 aliphatic rings. The van der Waals surface area contributed by atoms with Gasteiger partial charge >= 0.3 is 0 Å². The highest BCUT2D eigenvalue weighted by atomic mass is 32.2. The SMILES string of the molecule is CCCCn1c(SCC(=O)Nc2ccc(CC)cc2)nnc1-c1ccco1. The summed E-state index contributed by atoms with van der Waals surface area (Å²) in [7, 11) is 0. The van der Waals surface area contributed by atoms with Crippen LogP contribution in [0.2, 0.25) is 0 Å². The highest BCUT2D eigenvalue weighted by molar-refractivity contribution is 7.99. The van der Waals surface area contributed by atoms with Crippen molar-refractivity contribution in [3.8, 4) is 11.6 Å². The molecule has 0 fully saturated rings. The zero-order valence-electron chi connectivity index (χ0n) is 15.6. The third kappa shape index (κ3) is 5.01. The van der Waals surface area contributed by atoms with E-state index in [0.29, 0.717) is 11.6 Å². The number of rotatable bonds is 9. The van der Waals surface area contributed by atoms with Crippen LogP contribution in [0.25, 0.3) is 11.6 Å². The van der Waals surface area contributed by atoms with Crippen molar-refractivity contribution in [1.82, 2.24) is 14.8 Å². The molecule has 2 aromatic heterocycles. The molecule has 3 aromatic rings. The lowest BCUT2D eigenvalue weighted by Crippen LogP contribution is -2.14. The number of aryl methyl sites for hydroxylation is 1. The maximum atomic E-state index is 12.3. The number of nitrogens with zero attached hydrogens (tertiary/aromatic N) is 3. The number of thioether (sulfide) groups is 1. The molecule has 0 saturated carbocycles. The van der Waals surface area contributed by atoms with Crippen LogP contribution in [-0.2, 0) is 17.8 Å². The summed E-state index contributed by atoms with van der Waals surface area (Å²) in [5.74, 6) is 1.60. The molecule has 0 radical (unpaired) electrons. The molecule has 0 aliphatic heterocycles. The fourth-order valence-corrected chi connectivity index (χ4v) is 3.42. The number of nitrogens with one attached hydrogen (secondary N) is 1. The molecule has 1 amide bonds.